The van der Waals surface area contributed by atoms with Crippen molar-refractivity contribution in [3.05, 3.63) is 65.5 Å². The van der Waals surface area contributed by atoms with Crippen LogP contribution in [0.4, 0.5) is 10.1 Å². The predicted molar refractivity (Wildman–Crippen MR) is 96.9 cm³/mol. The Hall–Kier alpha value is -2.20. The second kappa shape index (κ2) is 6.96. The van der Waals surface area contributed by atoms with Crippen LogP contribution >= 0.6 is 0 Å². The summed E-state index contributed by atoms with van der Waals surface area (Å²) in [5, 5.41) is 0. The summed E-state index contributed by atoms with van der Waals surface area (Å²) in [6.45, 7) is 3.36. The molecular weight excluding hydrogens is 315 g/mol. The van der Waals surface area contributed by atoms with Crippen molar-refractivity contribution in [1.29, 1.82) is 0 Å². The number of benzene rings is 2. The molecule has 0 saturated carbocycles. The average molecular weight is 338 g/mol. The third-order valence-corrected chi connectivity index (χ3v) is 5.33. The summed E-state index contributed by atoms with van der Waals surface area (Å²) in [5.74, 6) is 0.109. The first-order valence-electron chi connectivity index (χ1n) is 9.07. The van der Waals surface area contributed by atoms with E-state index in [1.807, 2.05) is 29.2 Å². The molecule has 1 unspecified atom stereocenters. The van der Waals surface area contributed by atoms with E-state index in [1.165, 1.54) is 17.7 Å². The van der Waals surface area contributed by atoms with Gasteiger partial charge >= 0.3 is 0 Å². The van der Waals surface area contributed by atoms with Crippen molar-refractivity contribution >= 4 is 11.6 Å². The van der Waals surface area contributed by atoms with Gasteiger partial charge in [-0.2, -0.15) is 0 Å². The smallest absolute Gasteiger partial charge is 0.231 e. The highest BCUT2D eigenvalue weighted by molar-refractivity contribution is 5.97. The molecule has 2 aromatic rings. The Morgan fingerprint density at radius 3 is 2.72 bits per heavy atom. The zero-order chi connectivity index (χ0) is 17.2. The van der Waals surface area contributed by atoms with E-state index in [0.29, 0.717) is 0 Å². The Morgan fingerprint density at radius 1 is 1.08 bits per heavy atom. The summed E-state index contributed by atoms with van der Waals surface area (Å²) in [6, 6.07) is 14.9. The minimum absolute atomic E-state index is 0.0559. The Morgan fingerprint density at radius 2 is 1.88 bits per heavy atom. The lowest BCUT2D eigenvalue weighted by atomic mass is 9.96. The van der Waals surface area contributed by atoms with Gasteiger partial charge in [0.05, 0.1) is 5.92 Å². The maximum atomic E-state index is 13.1. The number of amides is 1. The van der Waals surface area contributed by atoms with E-state index in [0.717, 1.165) is 56.7 Å². The van der Waals surface area contributed by atoms with Gasteiger partial charge in [0.2, 0.25) is 5.91 Å². The maximum absolute atomic E-state index is 13.1. The third-order valence-electron chi connectivity index (χ3n) is 5.33. The van der Waals surface area contributed by atoms with Crippen LogP contribution in [0.15, 0.2) is 48.5 Å². The summed E-state index contributed by atoms with van der Waals surface area (Å²) in [5.41, 5.74) is 3.46. The van der Waals surface area contributed by atoms with Crippen molar-refractivity contribution in [1.82, 2.24) is 4.90 Å². The van der Waals surface area contributed by atoms with Gasteiger partial charge in [-0.3, -0.25) is 9.69 Å². The predicted octanol–water partition coefficient (Wildman–Crippen LogP) is 3.63. The summed E-state index contributed by atoms with van der Waals surface area (Å²) in [4.78, 5) is 17.3. The number of anilines is 1. The molecule has 0 aliphatic carbocycles. The molecule has 2 aromatic carbocycles. The first kappa shape index (κ1) is 16.3. The van der Waals surface area contributed by atoms with E-state index < -0.39 is 0 Å². The largest absolute Gasteiger partial charge is 0.312 e. The molecule has 25 heavy (non-hydrogen) atoms. The fraction of sp³-hybridized carbons (Fsp3) is 0.381. The molecular formula is C21H23FN2O. The Kier molecular flexibility index (Phi) is 4.53. The molecule has 4 heteroatoms. The minimum Gasteiger partial charge on any atom is -0.312 e. The molecule has 1 atom stereocenters. The van der Waals surface area contributed by atoms with Gasteiger partial charge in [0.1, 0.15) is 5.82 Å². The molecule has 3 nitrogen and oxygen atoms in total. The number of piperidine rings is 1. The maximum Gasteiger partial charge on any atom is 0.231 e. The number of hydrogen-bond acceptors (Lipinski definition) is 2. The highest BCUT2D eigenvalue weighted by Crippen LogP contribution is 2.30. The molecule has 2 aliphatic rings. The van der Waals surface area contributed by atoms with Gasteiger partial charge in [-0.1, -0.05) is 30.3 Å². The fourth-order valence-corrected chi connectivity index (χ4v) is 4.04. The zero-order valence-corrected chi connectivity index (χ0v) is 14.3. The highest BCUT2D eigenvalue weighted by Gasteiger charge is 2.32. The van der Waals surface area contributed by atoms with Crippen molar-refractivity contribution in [3.63, 3.8) is 0 Å². The van der Waals surface area contributed by atoms with Crippen LogP contribution in [0.1, 0.15) is 24.0 Å². The van der Waals surface area contributed by atoms with Crippen molar-refractivity contribution in [2.75, 3.05) is 24.5 Å². The van der Waals surface area contributed by atoms with Gasteiger partial charge in [0, 0.05) is 25.3 Å². The first-order chi connectivity index (χ1) is 12.2. The van der Waals surface area contributed by atoms with E-state index in [1.54, 1.807) is 0 Å². The summed E-state index contributed by atoms with van der Waals surface area (Å²) < 4.78 is 13.1. The van der Waals surface area contributed by atoms with E-state index in [4.69, 9.17) is 0 Å². The van der Waals surface area contributed by atoms with Gasteiger partial charge < -0.3 is 4.90 Å². The topological polar surface area (TPSA) is 23.6 Å². The lowest BCUT2D eigenvalue weighted by Gasteiger charge is -2.34. The number of hydrogen-bond donors (Lipinski definition) is 0. The fourth-order valence-electron chi connectivity index (χ4n) is 4.04. The average Bonchev–Trinajstić information content (AvgIpc) is 3.07. The Balaban J connectivity index is 1.43. The molecule has 0 spiro atoms. The number of likely N-dealkylation sites (tertiary alicyclic amines) is 1. The van der Waals surface area contributed by atoms with Crippen LogP contribution in [0.25, 0.3) is 0 Å². The van der Waals surface area contributed by atoms with Crippen LogP contribution < -0.4 is 4.90 Å². The van der Waals surface area contributed by atoms with Gasteiger partial charge in [0.25, 0.3) is 0 Å². The number of halogens is 1. The van der Waals surface area contributed by atoms with E-state index >= 15 is 0 Å². The van der Waals surface area contributed by atoms with E-state index in [2.05, 4.69) is 17.0 Å². The zero-order valence-electron chi connectivity index (χ0n) is 14.3. The number of rotatable bonds is 3. The molecule has 1 saturated heterocycles. The molecule has 0 aromatic heterocycles. The normalized spacial score (nSPS) is 20.5. The van der Waals surface area contributed by atoms with Gasteiger partial charge in [0.15, 0.2) is 0 Å². The molecule has 1 amide bonds. The Labute approximate surface area is 148 Å². The second-order valence-corrected chi connectivity index (χ2v) is 7.07. The van der Waals surface area contributed by atoms with Crippen LogP contribution in [-0.2, 0) is 17.8 Å². The standard InChI is InChI=1S/C21H23FN2O/c22-19-9-7-16(8-10-19)14-23-12-3-5-18(15-23)21(25)24-13-11-17-4-1-2-6-20(17)24/h1-2,4,6-10,18H,3,5,11-15H2. The number of carbonyl (C=O) groups excluding carboxylic acids is 1. The number of carbonyl (C=O) groups is 1. The summed E-state index contributed by atoms with van der Waals surface area (Å²) in [7, 11) is 0. The number of para-hydroxylation sites is 1. The van der Waals surface area contributed by atoms with Gasteiger partial charge in [-0.15, -0.1) is 0 Å². The second-order valence-electron chi connectivity index (χ2n) is 7.07. The van der Waals surface area contributed by atoms with Gasteiger partial charge in [-0.05, 0) is 55.1 Å². The van der Waals surface area contributed by atoms with E-state index in [-0.39, 0.29) is 17.6 Å². The molecule has 0 radical (unpaired) electrons. The molecule has 0 N–H and O–H groups in total. The molecule has 4 rings (SSSR count). The number of nitrogens with zero attached hydrogens (tertiary/aromatic N) is 2. The van der Waals surface area contributed by atoms with Gasteiger partial charge in [-0.25, -0.2) is 4.39 Å². The highest BCUT2D eigenvalue weighted by atomic mass is 19.1. The lowest BCUT2D eigenvalue weighted by molar-refractivity contribution is -0.124. The minimum atomic E-state index is -0.205. The molecule has 2 aliphatic heterocycles. The van der Waals surface area contributed by atoms with Crippen molar-refractivity contribution in [3.8, 4) is 0 Å². The van der Waals surface area contributed by atoms with Crippen LogP contribution in [0.3, 0.4) is 0 Å². The first-order valence-corrected chi connectivity index (χ1v) is 9.07. The third kappa shape index (κ3) is 3.45. The SMILES string of the molecule is O=C(C1CCCN(Cc2ccc(F)cc2)C1)N1CCc2ccccc21. The molecule has 1 fully saturated rings. The lowest BCUT2D eigenvalue weighted by Crippen LogP contribution is -2.44. The molecule has 130 valence electrons. The van der Waals surface area contributed by atoms with Crippen LogP contribution in [0.5, 0.6) is 0 Å². The molecule has 0 bridgehead atoms. The van der Waals surface area contributed by atoms with Crippen molar-refractivity contribution in [2.24, 2.45) is 5.92 Å². The van der Waals surface area contributed by atoms with Crippen LogP contribution in [0, 0.1) is 11.7 Å². The quantitative estimate of drug-likeness (QED) is 0.853. The van der Waals surface area contributed by atoms with E-state index in [9.17, 15) is 9.18 Å². The summed E-state index contributed by atoms with van der Waals surface area (Å²) >= 11 is 0. The van der Waals surface area contributed by atoms with Crippen LogP contribution in [-0.4, -0.2) is 30.4 Å². The summed E-state index contributed by atoms with van der Waals surface area (Å²) in [6.07, 6.45) is 2.94. The van der Waals surface area contributed by atoms with Crippen molar-refractivity contribution in [2.45, 2.75) is 25.8 Å². The monoisotopic (exact) mass is 338 g/mol. The Bertz CT molecular complexity index is 759. The molecule has 2 heterocycles. The van der Waals surface area contributed by atoms with Crippen LogP contribution in [0.2, 0.25) is 0 Å². The number of fused-ring (bicyclic) bond motifs is 1. The van der Waals surface area contributed by atoms with Crippen molar-refractivity contribution < 1.29 is 9.18 Å².